The molecule has 0 saturated heterocycles. The van der Waals surface area contributed by atoms with Gasteiger partial charge in [-0.15, -0.1) is 0 Å². The van der Waals surface area contributed by atoms with Gasteiger partial charge in [-0.05, 0) is 32.4 Å². The van der Waals surface area contributed by atoms with Crippen molar-refractivity contribution in [3.8, 4) is 22.8 Å². The van der Waals surface area contributed by atoms with Crippen LogP contribution >= 0.6 is 0 Å². The normalized spacial score (nSPS) is 11.3. The molecule has 0 bridgehead atoms. The van der Waals surface area contributed by atoms with Crippen LogP contribution in [0.4, 0.5) is 0 Å². The van der Waals surface area contributed by atoms with E-state index in [-0.39, 0.29) is 12.0 Å². The lowest BCUT2D eigenvalue weighted by Crippen LogP contribution is -2.27. The van der Waals surface area contributed by atoms with Gasteiger partial charge < -0.3 is 9.47 Å². The zero-order chi connectivity index (χ0) is 25.0. The molecule has 0 amide bonds. The van der Waals surface area contributed by atoms with Gasteiger partial charge in [0.2, 0.25) is 5.43 Å². The van der Waals surface area contributed by atoms with Crippen molar-refractivity contribution < 1.29 is 14.3 Å². The Labute approximate surface area is 202 Å². The second-order valence-electron chi connectivity index (χ2n) is 8.94. The monoisotopic (exact) mass is 474 g/mol. The van der Waals surface area contributed by atoms with Crippen LogP contribution in [0.3, 0.4) is 0 Å². The number of ether oxygens (including phenoxy) is 2. The van der Waals surface area contributed by atoms with Crippen molar-refractivity contribution in [2.75, 3.05) is 6.61 Å². The molecule has 0 fully saturated rings. The fraction of sp³-hybridized carbons (Fsp3) is 0.280. The van der Waals surface area contributed by atoms with Crippen LogP contribution in [0.25, 0.3) is 17.1 Å². The lowest BCUT2D eigenvalue weighted by Gasteiger charge is -2.19. The van der Waals surface area contributed by atoms with E-state index in [1.165, 1.54) is 18.5 Å². The molecule has 3 aromatic heterocycles. The maximum absolute atomic E-state index is 12.4. The third-order valence-corrected chi connectivity index (χ3v) is 4.80. The number of aryl methyl sites for hydroxylation is 1. The molecular formula is C25H26N6O4. The summed E-state index contributed by atoms with van der Waals surface area (Å²) in [5.41, 5.74) is 2.14. The smallest absolute Gasteiger partial charge is 0.344 e. The lowest BCUT2D eigenvalue weighted by atomic mass is 10.1. The summed E-state index contributed by atoms with van der Waals surface area (Å²) in [6, 6.07) is 9.09. The van der Waals surface area contributed by atoms with E-state index in [4.69, 9.17) is 9.47 Å². The van der Waals surface area contributed by atoms with Crippen LogP contribution < -0.4 is 10.2 Å². The molecule has 0 atom stereocenters. The summed E-state index contributed by atoms with van der Waals surface area (Å²) in [6.45, 7) is 5.15. The topological polar surface area (TPSA) is 114 Å². The number of hydrogen-bond acceptors (Lipinski definition) is 8. The van der Waals surface area contributed by atoms with Crippen LogP contribution in [0, 0.1) is 0 Å². The third kappa shape index (κ3) is 6.38. The Bertz CT molecular complexity index is 1390. The van der Waals surface area contributed by atoms with E-state index in [9.17, 15) is 9.59 Å². The van der Waals surface area contributed by atoms with Crippen molar-refractivity contribution in [2.24, 2.45) is 7.05 Å². The quantitative estimate of drug-likeness (QED) is 0.376. The van der Waals surface area contributed by atoms with Crippen molar-refractivity contribution in [2.45, 2.75) is 32.8 Å². The Balaban J connectivity index is 1.46. The minimum atomic E-state index is -0.576. The van der Waals surface area contributed by atoms with Gasteiger partial charge in [-0.2, -0.15) is 10.2 Å². The third-order valence-electron chi connectivity index (χ3n) is 4.80. The molecule has 0 unspecified atom stereocenters. The van der Waals surface area contributed by atoms with E-state index in [1.54, 1.807) is 42.5 Å². The Hall–Kier alpha value is -4.34. The van der Waals surface area contributed by atoms with Gasteiger partial charge in [-0.1, -0.05) is 18.2 Å². The van der Waals surface area contributed by atoms with E-state index in [2.05, 4.69) is 20.2 Å². The Morgan fingerprint density at radius 3 is 2.54 bits per heavy atom. The summed E-state index contributed by atoms with van der Waals surface area (Å²) >= 11 is 0. The predicted octanol–water partition coefficient (Wildman–Crippen LogP) is 2.73. The predicted molar refractivity (Wildman–Crippen MR) is 128 cm³/mol. The van der Waals surface area contributed by atoms with Gasteiger partial charge in [0.25, 0.3) is 0 Å². The first-order valence-corrected chi connectivity index (χ1v) is 11.0. The van der Waals surface area contributed by atoms with Crippen LogP contribution in [0.1, 0.15) is 32.0 Å². The molecule has 0 aliphatic rings. The molecule has 0 aliphatic heterocycles. The molecule has 0 aliphatic carbocycles. The van der Waals surface area contributed by atoms with Crippen molar-refractivity contribution in [3.63, 3.8) is 0 Å². The number of rotatable bonds is 7. The van der Waals surface area contributed by atoms with E-state index < -0.39 is 11.6 Å². The molecule has 0 N–H and O–H groups in total. The Morgan fingerprint density at radius 1 is 1.09 bits per heavy atom. The largest absolute Gasteiger partial charge is 0.479 e. The number of hydrogen-bond donors (Lipinski definition) is 0. The van der Waals surface area contributed by atoms with Gasteiger partial charge in [0.05, 0.1) is 24.8 Å². The highest BCUT2D eigenvalue weighted by Crippen LogP contribution is 2.19. The molecule has 4 aromatic rings. The molecule has 180 valence electrons. The number of nitrogens with zero attached hydrogens (tertiary/aromatic N) is 6. The van der Waals surface area contributed by atoms with E-state index in [0.29, 0.717) is 23.7 Å². The van der Waals surface area contributed by atoms with E-state index in [1.807, 2.05) is 37.5 Å². The molecule has 0 saturated carbocycles. The Kier molecular flexibility index (Phi) is 6.72. The number of esters is 1. The summed E-state index contributed by atoms with van der Waals surface area (Å²) in [5.74, 6) is 0.386. The molecule has 10 nitrogen and oxygen atoms in total. The number of benzene rings is 1. The first kappa shape index (κ1) is 23.8. The van der Waals surface area contributed by atoms with Crippen molar-refractivity contribution in [1.29, 1.82) is 0 Å². The van der Waals surface area contributed by atoms with Gasteiger partial charge in [0.1, 0.15) is 17.0 Å². The van der Waals surface area contributed by atoms with Crippen molar-refractivity contribution in [1.82, 2.24) is 29.5 Å². The molecule has 3 heterocycles. The number of carbonyl (C=O) groups is 1. The van der Waals surface area contributed by atoms with Crippen molar-refractivity contribution in [3.05, 3.63) is 82.8 Å². The van der Waals surface area contributed by atoms with Gasteiger partial charge in [-0.3, -0.25) is 9.48 Å². The fourth-order valence-electron chi connectivity index (χ4n) is 3.31. The fourth-order valence-corrected chi connectivity index (χ4v) is 3.31. The summed E-state index contributed by atoms with van der Waals surface area (Å²) in [6.07, 6.45) is 8.49. The van der Waals surface area contributed by atoms with Crippen LogP contribution in [-0.4, -0.2) is 47.7 Å². The molecule has 4 rings (SSSR count). The SMILES string of the molecule is Cn1cc(-n2ccc(=O)c(Cc3cccc(-c4ncc(OCC(=O)OC(C)(C)C)cn4)c3)n2)cn1. The number of aromatic nitrogens is 6. The molecule has 0 radical (unpaired) electrons. The standard InChI is InChI=1S/C25H26N6O4/c1-25(2,3)35-23(33)16-34-20-13-26-24(27-14-20)18-7-5-6-17(10-18)11-21-22(32)8-9-31(29-21)19-12-28-30(4)15-19/h5-10,12-15H,11,16H2,1-4H3. The second-order valence-corrected chi connectivity index (χ2v) is 8.94. The first-order valence-electron chi connectivity index (χ1n) is 11.0. The van der Waals surface area contributed by atoms with Crippen LogP contribution in [0.2, 0.25) is 0 Å². The Morgan fingerprint density at radius 2 is 1.86 bits per heavy atom. The van der Waals surface area contributed by atoms with Crippen LogP contribution in [-0.2, 0) is 23.0 Å². The summed E-state index contributed by atoms with van der Waals surface area (Å²) in [5, 5.41) is 8.63. The zero-order valence-corrected chi connectivity index (χ0v) is 20.0. The maximum atomic E-state index is 12.4. The summed E-state index contributed by atoms with van der Waals surface area (Å²) < 4.78 is 13.9. The van der Waals surface area contributed by atoms with Gasteiger partial charge >= 0.3 is 5.97 Å². The highest BCUT2D eigenvalue weighted by molar-refractivity contribution is 5.71. The molecule has 0 spiro atoms. The molecule has 10 heteroatoms. The van der Waals surface area contributed by atoms with E-state index in [0.717, 1.165) is 16.8 Å². The lowest BCUT2D eigenvalue weighted by molar-refractivity contribution is -0.157. The molecule has 1 aromatic carbocycles. The summed E-state index contributed by atoms with van der Waals surface area (Å²) in [4.78, 5) is 32.9. The van der Waals surface area contributed by atoms with Crippen molar-refractivity contribution >= 4 is 5.97 Å². The van der Waals surface area contributed by atoms with Gasteiger partial charge in [-0.25, -0.2) is 19.4 Å². The average Bonchev–Trinajstić information content (AvgIpc) is 3.25. The minimum Gasteiger partial charge on any atom is -0.479 e. The first-order chi connectivity index (χ1) is 16.7. The van der Waals surface area contributed by atoms with Crippen LogP contribution in [0.5, 0.6) is 5.75 Å². The second kappa shape index (κ2) is 9.88. The highest BCUT2D eigenvalue weighted by Gasteiger charge is 2.17. The van der Waals surface area contributed by atoms with Gasteiger partial charge in [0.15, 0.2) is 18.2 Å². The zero-order valence-electron chi connectivity index (χ0n) is 20.0. The maximum Gasteiger partial charge on any atom is 0.344 e. The average molecular weight is 475 g/mol. The highest BCUT2D eigenvalue weighted by atomic mass is 16.6. The minimum absolute atomic E-state index is 0.140. The molecule has 35 heavy (non-hydrogen) atoms. The number of carbonyl (C=O) groups excluding carboxylic acids is 1. The van der Waals surface area contributed by atoms with E-state index >= 15 is 0 Å². The van der Waals surface area contributed by atoms with Gasteiger partial charge in [0, 0.05) is 31.3 Å². The molecular weight excluding hydrogens is 448 g/mol. The summed E-state index contributed by atoms with van der Waals surface area (Å²) in [7, 11) is 1.82. The van der Waals surface area contributed by atoms with Crippen LogP contribution in [0.15, 0.2) is 66.1 Å².